The van der Waals surface area contributed by atoms with Gasteiger partial charge < -0.3 is 10.0 Å². The number of unbranched alkanes of at least 4 members (excludes halogenated alkanes) is 1. The highest BCUT2D eigenvalue weighted by Crippen LogP contribution is 2.11. The van der Waals surface area contributed by atoms with E-state index in [0.717, 1.165) is 32.4 Å². The maximum Gasteiger partial charge on any atom is 0.253 e. The zero-order chi connectivity index (χ0) is 12.7. The van der Waals surface area contributed by atoms with Crippen LogP contribution in [0.25, 0.3) is 0 Å². The Bertz CT molecular complexity index is 395. The Hall–Kier alpha value is -1.07. The number of nitrogens with zero attached hydrogens (tertiary/aromatic N) is 2. The normalized spacial score (nSPS) is 10.5. The molecular formula is C11H18ClN3O2. The average molecular weight is 260 g/mol. The number of aromatic amines is 1. The van der Waals surface area contributed by atoms with Crippen molar-refractivity contribution in [3.05, 3.63) is 21.7 Å². The highest BCUT2D eigenvalue weighted by molar-refractivity contribution is 6.28. The fourth-order valence-electron chi connectivity index (χ4n) is 1.60. The number of nitrogens with one attached hydrogen (secondary N) is 1. The smallest absolute Gasteiger partial charge is 0.253 e. The maximum atomic E-state index is 11.3. The van der Waals surface area contributed by atoms with Crippen LogP contribution in [0.1, 0.15) is 26.2 Å². The monoisotopic (exact) mass is 259 g/mol. The summed E-state index contributed by atoms with van der Waals surface area (Å²) in [5.74, 6) is 0.596. The number of H-pyrrole nitrogens is 1. The number of aromatic nitrogens is 2. The number of aliphatic hydroxyl groups excluding tert-OH is 1. The van der Waals surface area contributed by atoms with Crippen molar-refractivity contribution in [1.29, 1.82) is 0 Å². The highest BCUT2D eigenvalue weighted by atomic mass is 35.5. The van der Waals surface area contributed by atoms with E-state index >= 15 is 0 Å². The second-order valence-corrected chi connectivity index (χ2v) is 4.17. The summed E-state index contributed by atoms with van der Waals surface area (Å²) < 4.78 is 0. The lowest BCUT2D eigenvalue weighted by molar-refractivity contribution is 0.285. The van der Waals surface area contributed by atoms with Gasteiger partial charge in [0.05, 0.1) is 0 Å². The molecule has 0 saturated carbocycles. The predicted octanol–water partition coefficient (Wildman–Crippen LogP) is 1.41. The predicted molar refractivity (Wildman–Crippen MR) is 68.7 cm³/mol. The van der Waals surface area contributed by atoms with Gasteiger partial charge in [-0.1, -0.05) is 6.92 Å². The molecule has 96 valence electrons. The van der Waals surface area contributed by atoms with Gasteiger partial charge in [-0.25, -0.2) is 4.98 Å². The molecule has 0 amide bonds. The lowest BCUT2D eigenvalue weighted by atomic mass is 10.3. The third-order valence-corrected chi connectivity index (χ3v) is 2.53. The lowest BCUT2D eigenvalue weighted by Gasteiger charge is -2.22. The van der Waals surface area contributed by atoms with Crippen LogP contribution in [-0.4, -0.2) is 34.8 Å². The summed E-state index contributed by atoms with van der Waals surface area (Å²) in [6.45, 7) is 3.83. The first-order valence-electron chi connectivity index (χ1n) is 5.80. The molecular weight excluding hydrogens is 242 g/mol. The van der Waals surface area contributed by atoms with Gasteiger partial charge >= 0.3 is 0 Å². The molecule has 0 atom stereocenters. The van der Waals surface area contributed by atoms with E-state index in [0.29, 0.717) is 5.82 Å². The van der Waals surface area contributed by atoms with Gasteiger partial charge in [0, 0.05) is 25.8 Å². The van der Waals surface area contributed by atoms with E-state index in [4.69, 9.17) is 16.7 Å². The first kappa shape index (κ1) is 14.0. The number of anilines is 1. The van der Waals surface area contributed by atoms with E-state index in [-0.39, 0.29) is 17.4 Å². The third-order valence-electron chi connectivity index (χ3n) is 2.35. The summed E-state index contributed by atoms with van der Waals surface area (Å²) in [6.07, 6.45) is 2.57. The van der Waals surface area contributed by atoms with Crippen molar-refractivity contribution in [2.45, 2.75) is 26.2 Å². The minimum Gasteiger partial charge on any atom is -0.396 e. The molecule has 1 aromatic rings. The Morgan fingerprint density at radius 3 is 2.82 bits per heavy atom. The van der Waals surface area contributed by atoms with Crippen LogP contribution in [0.5, 0.6) is 0 Å². The van der Waals surface area contributed by atoms with E-state index in [1.807, 2.05) is 4.90 Å². The van der Waals surface area contributed by atoms with E-state index in [1.54, 1.807) is 0 Å². The van der Waals surface area contributed by atoms with Gasteiger partial charge in [-0.3, -0.25) is 9.78 Å². The Kier molecular flexibility index (Phi) is 6.00. The molecule has 17 heavy (non-hydrogen) atoms. The molecule has 0 aliphatic heterocycles. The maximum absolute atomic E-state index is 11.3. The van der Waals surface area contributed by atoms with Crippen LogP contribution < -0.4 is 10.5 Å². The summed E-state index contributed by atoms with van der Waals surface area (Å²) in [4.78, 5) is 19.8. The topological polar surface area (TPSA) is 69.2 Å². The van der Waals surface area contributed by atoms with Crippen molar-refractivity contribution in [1.82, 2.24) is 9.97 Å². The van der Waals surface area contributed by atoms with E-state index < -0.39 is 0 Å². The molecule has 0 fully saturated rings. The summed E-state index contributed by atoms with van der Waals surface area (Å²) in [6, 6.07) is 1.44. The van der Waals surface area contributed by atoms with Crippen molar-refractivity contribution in [3.63, 3.8) is 0 Å². The summed E-state index contributed by atoms with van der Waals surface area (Å²) in [5, 5.41) is 8.86. The Morgan fingerprint density at radius 2 is 2.24 bits per heavy atom. The number of hydrogen-bond acceptors (Lipinski definition) is 4. The molecule has 0 radical (unpaired) electrons. The Balaban J connectivity index is 2.77. The zero-order valence-corrected chi connectivity index (χ0v) is 10.7. The number of rotatable bonds is 7. The second-order valence-electron chi connectivity index (χ2n) is 3.81. The lowest BCUT2D eigenvalue weighted by Crippen LogP contribution is -2.28. The van der Waals surface area contributed by atoms with Gasteiger partial charge in [-0.15, -0.1) is 0 Å². The fourth-order valence-corrected chi connectivity index (χ4v) is 1.78. The zero-order valence-electron chi connectivity index (χ0n) is 9.95. The van der Waals surface area contributed by atoms with E-state index in [9.17, 15) is 4.79 Å². The van der Waals surface area contributed by atoms with Crippen molar-refractivity contribution in [2.24, 2.45) is 0 Å². The molecule has 1 aromatic heterocycles. The molecule has 1 heterocycles. The second kappa shape index (κ2) is 7.29. The minimum atomic E-state index is -0.247. The SMILES string of the molecule is CCCN(CCCCO)c1cc(=O)[nH]c(Cl)n1. The number of hydrogen-bond donors (Lipinski definition) is 2. The van der Waals surface area contributed by atoms with Crippen LogP contribution in [0, 0.1) is 0 Å². The number of aliphatic hydroxyl groups is 1. The molecule has 5 nitrogen and oxygen atoms in total. The van der Waals surface area contributed by atoms with Crippen molar-refractivity contribution < 1.29 is 5.11 Å². The van der Waals surface area contributed by atoms with Crippen LogP contribution >= 0.6 is 11.6 Å². The van der Waals surface area contributed by atoms with Gasteiger partial charge in [0.1, 0.15) is 5.82 Å². The molecule has 0 aromatic carbocycles. The highest BCUT2D eigenvalue weighted by Gasteiger charge is 2.08. The van der Waals surface area contributed by atoms with Crippen LogP contribution in [-0.2, 0) is 0 Å². The molecule has 2 N–H and O–H groups in total. The first-order valence-corrected chi connectivity index (χ1v) is 6.18. The van der Waals surface area contributed by atoms with Gasteiger partial charge in [-0.2, -0.15) is 0 Å². The van der Waals surface area contributed by atoms with Gasteiger partial charge in [0.15, 0.2) is 0 Å². The largest absolute Gasteiger partial charge is 0.396 e. The Morgan fingerprint density at radius 1 is 1.47 bits per heavy atom. The molecule has 0 spiro atoms. The minimum absolute atomic E-state index is 0.107. The Labute approximate surface area is 105 Å². The third kappa shape index (κ3) is 4.75. The molecule has 0 aliphatic rings. The van der Waals surface area contributed by atoms with Crippen LogP contribution in [0.3, 0.4) is 0 Å². The van der Waals surface area contributed by atoms with Crippen LogP contribution in [0.2, 0.25) is 5.28 Å². The summed E-state index contributed by atoms with van der Waals surface area (Å²) in [5.41, 5.74) is -0.247. The first-order chi connectivity index (χ1) is 8.17. The van der Waals surface area contributed by atoms with Gasteiger partial charge in [-0.05, 0) is 30.9 Å². The average Bonchev–Trinajstić information content (AvgIpc) is 2.27. The quantitative estimate of drug-likeness (QED) is 0.574. The van der Waals surface area contributed by atoms with Gasteiger partial charge in [0.2, 0.25) is 5.28 Å². The van der Waals surface area contributed by atoms with Crippen LogP contribution in [0.4, 0.5) is 5.82 Å². The summed E-state index contributed by atoms with van der Waals surface area (Å²) >= 11 is 5.72. The van der Waals surface area contributed by atoms with Crippen molar-refractivity contribution in [3.8, 4) is 0 Å². The molecule has 6 heteroatoms. The van der Waals surface area contributed by atoms with E-state index in [1.165, 1.54) is 6.07 Å². The van der Waals surface area contributed by atoms with Crippen LogP contribution in [0.15, 0.2) is 10.9 Å². The molecule has 0 saturated heterocycles. The summed E-state index contributed by atoms with van der Waals surface area (Å²) in [7, 11) is 0. The fraction of sp³-hybridized carbons (Fsp3) is 0.636. The standard InChI is InChI=1S/C11H18ClN3O2/c1-2-5-15(6-3-4-7-16)9-8-10(17)14-11(12)13-9/h8,16H,2-7H2,1H3,(H,13,14,17). The molecule has 0 unspecified atom stereocenters. The van der Waals surface area contributed by atoms with Gasteiger partial charge in [0.25, 0.3) is 5.56 Å². The molecule has 1 rings (SSSR count). The van der Waals surface area contributed by atoms with Crippen molar-refractivity contribution in [2.75, 3.05) is 24.6 Å². The number of halogens is 1. The molecule has 0 bridgehead atoms. The molecule has 0 aliphatic carbocycles. The van der Waals surface area contributed by atoms with E-state index in [2.05, 4.69) is 16.9 Å². The van der Waals surface area contributed by atoms with Crippen molar-refractivity contribution >= 4 is 17.4 Å².